The molecule has 0 fully saturated rings. The molecule has 0 aliphatic rings. The number of aromatic nitrogens is 1. The topological polar surface area (TPSA) is 99.3 Å². The molecule has 0 radical (unpaired) electrons. The minimum atomic E-state index is -1.31. The number of thiophene rings is 1. The van der Waals surface area contributed by atoms with Crippen molar-refractivity contribution in [3.63, 3.8) is 0 Å². The van der Waals surface area contributed by atoms with Crippen LogP contribution in [0.4, 0.5) is 0 Å². The maximum absolute atomic E-state index is 12.0. The summed E-state index contributed by atoms with van der Waals surface area (Å²) in [7, 11) is 0. The summed E-state index contributed by atoms with van der Waals surface area (Å²) < 4.78 is 0. The first-order chi connectivity index (χ1) is 11.9. The monoisotopic (exact) mass is 376 g/mol. The van der Waals surface area contributed by atoms with Gasteiger partial charge in [-0.15, -0.1) is 0 Å². The number of amides is 1. The summed E-state index contributed by atoms with van der Waals surface area (Å²) >= 11 is 7.60. The van der Waals surface area contributed by atoms with Crippen molar-refractivity contribution in [1.82, 2.24) is 10.3 Å². The number of aromatic amines is 1. The molecule has 0 spiro atoms. The quantitative estimate of drug-likeness (QED) is 0.637. The first-order valence-corrected chi connectivity index (χ1v) is 8.62. The smallest absolute Gasteiger partial charge is 0.341 e. The molecule has 3 aromatic rings. The molecule has 128 valence electrons. The molecule has 0 unspecified atom stereocenters. The number of rotatable bonds is 5. The molecular formula is C17H13ClN2O4S. The van der Waals surface area contributed by atoms with Gasteiger partial charge in [0.05, 0.1) is 11.9 Å². The highest BCUT2D eigenvalue weighted by atomic mass is 35.5. The SMILES string of the molecule is O=C(Cc1ccsc1)NCc1cc(Cl)cc2cc(C(=O)O)c(=O)[nH]c12. The lowest BCUT2D eigenvalue weighted by molar-refractivity contribution is -0.120. The Hall–Kier alpha value is -2.64. The highest BCUT2D eigenvalue weighted by Crippen LogP contribution is 2.22. The van der Waals surface area contributed by atoms with Crippen LogP contribution in [0.3, 0.4) is 0 Å². The van der Waals surface area contributed by atoms with E-state index in [1.54, 1.807) is 12.1 Å². The molecule has 2 heterocycles. The molecule has 0 bridgehead atoms. The number of carbonyl (C=O) groups excluding carboxylic acids is 1. The second kappa shape index (κ2) is 7.08. The average Bonchev–Trinajstić information content (AvgIpc) is 3.05. The lowest BCUT2D eigenvalue weighted by atomic mass is 10.1. The normalized spacial score (nSPS) is 10.8. The zero-order valence-corrected chi connectivity index (χ0v) is 14.4. The van der Waals surface area contributed by atoms with Gasteiger partial charge in [-0.25, -0.2) is 4.79 Å². The zero-order valence-electron chi connectivity index (χ0n) is 12.8. The summed E-state index contributed by atoms with van der Waals surface area (Å²) in [5.74, 6) is -1.47. The van der Waals surface area contributed by atoms with Crippen LogP contribution in [0.2, 0.25) is 5.02 Å². The minimum Gasteiger partial charge on any atom is -0.477 e. The number of benzene rings is 1. The molecule has 8 heteroatoms. The maximum atomic E-state index is 12.0. The number of carboxylic acids is 1. The molecule has 0 aliphatic carbocycles. The number of H-pyrrole nitrogens is 1. The Kier molecular flexibility index (Phi) is 4.87. The molecule has 1 aromatic carbocycles. The maximum Gasteiger partial charge on any atom is 0.341 e. The van der Waals surface area contributed by atoms with E-state index in [0.29, 0.717) is 21.5 Å². The second-order valence-electron chi connectivity index (χ2n) is 5.43. The van der Waals surface area contributed by atoms with Crippen LogP contribution < -0.4 is 10.9 Å². The van der Waals surface area contributed by atoms with Gasteiger partial charge in [-0.1, -0.05) is 11.6 Å². The van der Waals surface area contributed by atoms with Crippen LogP contribution in [0, 0.1) is 0 Å². The van der Waals surface area contributed by atoms with Crippen LogP contribution in [0.5, 0.6) is 0 Å². The molecule has 3 rings (SSSR count). The van der Waals surface area contributed by atoms with Crippen molar-refractivity contribution in [2.45, 2.75) is 13.0 Å². The van der Waals surface area contributed by atoms with Crippen LogP contribution in [0.15, 0.2) is 39.8 Å². The molecule has 6 nitrogen and oxygen atoms in total. The van der Waals surface area contributed by atoms with Gasteiger partial charge in [0.1, 0.15) is 5.56 Å². The van der Waals surface area contributed by atoms with Crippen LogP contribution >= 0.6 is 22.9 Å². The summed E-state index contributed by atoms with van der Waals surface area (Å²) in [5, 5.41) is 16.5. The summed E-state index contributed by atoms with van der Waals surface area (Å²) in [6, 6.07) is 6.35. The fourth-order valence-corrected chi connectivity index (χ4v) is 3.41. The first kappa shape index (κ1) is 17.2. The zero-order chi connectivity index (χ0) is 18.0. The average molecular weight is 377 g/mol. The molecule has 2 aromatic heterocycles. The summed E-state index contributed by atoms with van der Waals surface area (Å²) in [6.45, 7) is 0.169. The Morgan fingerprint density at radius 1 is 1.28 bits per heavy atom. The van der Waals surface area contributed by atoms with E-state index in [9.17, 15) is 14.4 Å². The van der Waals surface area contributed by atoms with E-state index in [0.717, 1.165) is 5.56 Å². The van der Waals surface area contributed by atoms with Gasteiger partial charge in [-0.3, -0.25) is 9.59 Å². The third-order valence-electron chi connectivity index (χ3n) is 3.65. The predicted octanol–water partition coefficient (Wildman–Crippen LogP) is 2.80. The van der Waals surface area contributed by atoms with Crippen molar-refractivity contribution in [2.75, 3.05) is 0 Å². The van der Waals surface area contributed by atoms with Gasteiger partial charge in [0.15, 0.2) is 0 Å². The Morgan fingerprint density at radius 2 is 2.08 bits per heavy atom. The van der Waals surface area contributed by atoms with E-state index < -0.39 is 11.5 Å². The molecule has 3 N–H and O–H groups in total. The van der Waals surface area contributed by atoms with Crippen LogP contribution in [-0.4, -0.2) is 22.0 Å². The van der Waals surface area contributed by atoms with Gasteiger partial charge in [0.2, 0.25) is 5.91 Å². The fraction of sp³-hybridized carbons (Fsp3) is 0.118. The van der Waals surface area contributed by atoms with Crippen molar-refractivity contribution in [2.24, 2.45) is 0 Å². The van der Waals surface area contributed by atoms with Crippen molar-refractivity contribution in [1.29, 1.82) is 0 Å². The number of hydrogen-bond donors (Lipinski definition) is 3. The van der Waals surface area contributed by atoms with Crippen molar-refractivity contribution < 1.29 is 14.7 Å². The van der Waals surface area contributed by atoms with Crippen molar-refractivity contribution >= 4 is 45.7 Å². The number of pyridine rings is 1. The van der Waals surface area contributed by atoms with Gasteiger partial charge in [0, 0.05) is 17.0 Å². The summed E-state index contributed by atoms with van der Waals surface area (Å²) in [5.41, 5.74) is 0.929. The summed E-state index contributed by atoms with van der Waals surface area (Å²) in [4.78, 5) is 37.6. The molecule has 0 atom stereocenters. The first-order valence-electron chi connectivity index (χ1n) is 7.30. The van der Waals surface area contributed by atoms with E-state index in [2.05, 4.69) is 10.3 Å². The number of aromatic carboxylic acids is 1. The minimum absolute atomic E-state index is 0.156. The van der Waals surface area contributed by atoms with Gasteiger partial charge in [-0.2, -0.15) is 11.3 Å². The molecule has 1 amide bonds. The van der Waals surface area contributed by atoms with Gasteiger partial charge < -0.3 is 15.4 Å². The van der Waals surface area contributed by atoms with Gasteiger partial charge in [0.25, 0.3) is 5.56 Å². The Bertz CT molecular complexity index is 1010. The van der Waals surface area contributed by atoms with Gasteiger partial charge >= 0.3 is 5.97 Å². The number of fused-ring (bicyclic) bond motifs is 1. The molecule has 0 aliphatic heterocycles. The van der Waals surface area contributed by atoms with Crippen molar-refractivity contribution in [3.05, 3.63) is 67.1 Å². The molecule has 25 heavy (non-hydrogen) atoms. The van der Waals surface area contributed by atoms with E-state index in [4.69, 9.17) is 16.7 Å². The predicted molar refractivity (Wildman–Crippen MR) is 96.4 cm³/mol. The van der Waals surface area contributed by atoms with Crippen LogP contribution in [0.1, 0.15) is 21.5 Å². The number of halogens is 1. The Balaban J connectivity index is 1.88. The third-order valence-corrected chi connectivity index (χ3v) is 4.60. The van der Waals surface area contributed by atoms with Crippen molar-refractivity contribution in [3.8, 4) is 0 Å². The molecule has 0 saturated carbocycles. The van der Waals surface area contributed by atoms with E-state index in [1.165, 1.54) is 17.4 Å². The third kappa shape index (κ3) is 3.89. The number of hydrogen-bond acceptors (Lipinski definition) is 4. The fourth-order valence-electron chi connectivity index (χ4n) is 2.49. The van der Waals surface area contributed by atoms with E-state index >= 15 is 0 Å². The molecule has 0 saturated heterocycles. The Morgan fingerprint density at radius 3 is 2.76 bits per heavy atom. The second-order valence-corrected chi connectivity index (χ2v) is 6.65. The Labute approximate surface area is 151 Å². The van der Waals surface area contributed by atoms with E-state index in [-0.39, 0.29) is 24.4 Å². The highest BCUT2D eigenvalue weighted by molar-refractivity contribution is 7.08. The van der Waals surface area contributed by atoms with Crippen LogP contribution in [0.25, 0.3) is 10.9 Å². The standard InChI is InChI=1S/C17H13ClN2O4S/c18-12-4-10-6-13(17(23)24)16(22)20-15(10)11(5-12)7-19-14(21)3-9-1-2-25-8-9/h1-2,4-6,8H,3,7H2,(H,19,21)(H,20,22)(H,23,24). The lowest BCUT2D eigenvalue weighted by Gasteiger charge is -2.10. The lowest BCUT2D eigenvalue weighted by Crippen LogP contribution is -2.25. The number of carboxylic acid groups (broad SMARTS) is 1. The van der Waals surface area contributed by atoms with Gasteiger partial charge in [-0.05, 0) is 46.2 Å². The highest BCUT2D eigenvalue weighted by Gasteiger charge is 2.13. The number of carbonyl (C=O) groups is 2. The largest absolute Gasteiger partial charge is 0.477 e. The number of nitrogens with one attached hydrogen (secondary N) is 2. The van der Waals surface area contributed by atoms with E-state index in [1.807, 2.05) is 16.8 Å². The van der Waals surface area contributed by atoms with Crippen LogP contribution in [-0.2, 0) is 17.8 Å². The summed E-state index contributed by atoms with van der Waals surface area (Å²) in [6.07, 6.45) is 0.266. The molecular weight excluding hydrogens is 364 g/mol.